The van der Waals surface area contributed by atoms with Gasteiger partial charge in [-0.3, -0.25) is 9.13 Å². The summed E-state index contributed by atoms with van der Waals surface area (Å²) in [6, 6.07) is 51.3. The van der Waals surface area contributed by atoms with Crippen LogP contribution in [0.5, 0.6) is 0 Å². The molecule has 11 aromatic rings. The van der Waals surface area contributed by atoms with Crippen molar-refractivity contribution in [3.8, 4) is 22.9 Å². The highest BCUT2D eigenvalue weighted by atomic mass is 32.1. The summed E-state index contributed by atoms with van der Waals surface area (Å²) in [5.74, 6) is 0.596. The molecule has 0 amide bonds. The SMILES string of the molecule is c1ccc(-c2nc(-n3c4ncccc4c4c5ccccc5c5c6ccccc6sc5c43)nc3c2c2ccccc2n3-c2ccccc2)cc1. The van der Waals surface area contributed by atoms with Crippen molar-refractivity contribution in [2.75, 3.05) is 0 Å². The van der Waals surface area contributed by atoms with Crippen LogP contribution in [0.1, 0.15) is 0 Å². The van der Waals surface area contributed by atoms with Crippen LogP contribution in [-0.4, -0.2) is 24.1 Å². The minimum atomic E-state index is 0.596. The van der Waals surface area contributed by atoms with Crippen LogP contribution in [0.2, 0.25) is 0 Å². The predicted octanol–water partition coefficient (Wildman–Crippen LogP) is 11.3. The number of thiophene rings is 1. The van der Waals surface area contributed by atoms with Crippen LogP contribution in [0.3, 0.4) is 0 Å². The Balaban J connectivity index is 1.39. The molecule has 0 aliphatic heterocycles. The molecule has 5 aromatic heterocycles. The Hall–Kier alpha value is -6.37. The second-order valence-electron chi connectivity index (χ2n) is 12.4. The minimum absolute atomic E-state index is 0.596. The molecule has 11 rings (SSSR count). The van der Waals surface area contributed by atoms with Crippen LogP contribution in [0, 0.1) is 0 Å². The average Bonchev–Trinajstić information content (AvgIpc) is 3.84. The van der Waals surface area contributed by atoms with Gasteiger partial charge in [-0.2, -0.15) is 4.98 Å². The molecule has 0 fully saturated rings. The zero-order valence-electron chi connectivity index (χ0n) is 26.1. The quantitative estimate of drug-likeness (QED) is 0.192. The monoisotopic (exact) mass is 643 g/mol. The summed E-state index contributed by atoms with van der Waals surface area (Å²) >= 11 is 1.83. The van der Waals surface area contributed by atoms with Gasteiger partial charge in [0.2, 0.25) is 5.95 Å². The summed E-state index contributed by atoms with van der Waals surface area (Å²) in [6.07, 6.45) is 1.87. The Morgan fingerprint density at radius 2 is 1.12 bits per heavy atom. The van der Waals surface area contributed by atoms with Gasteiger partial charge in [-0.1, -0.05) is 109 Å². The van der Waals surface area contributed by atoms with E-state index in [2.05, 4.69) is 149 Å². The molecule has 0 aliphatic rings. The van der Waals surface area contributed by atoms with Gasteiger partial charge in [0.15, 0.2) is 5.65 Å². The van der Waals surface area contributed by atoms with Crippen molar-refractivity contribution >= 4 is 86.2 Å². The molecule has 0 spiro atoms. The number of hydrogen-bond donors (Lipinski definition) is 0. The number of fused-ring (bicyclic) bond motifs is 13. The fourth-order valence-electron chi connectivity index (χ4n) is 7.78. The van der Waals surface area contributed by atoms with Crippen molar-refractivity contribution in [1.29, 1.82) is 0 Å². The van der Waals surface area contributed by atoms with Gasteiger partial charge in [0.1, 0.15) is 5.65 Å². The first-order valence-corrected chi connectivity index (χ1v) is 17.2. The molecule has 0 N–H and O–H groups in total. The van der Waals surface area contributed by atoms with Crippen LogP contribution in [0.15, 0.2) is 152 Å². The van der Waals surface area contributed by atoms with Gasteiger partial charge < -0.3 is 0 Å². The molecule has 0 atom stereocenters. The molecule has 49 heavy (non-hydrogen) atoms. The number of pyridine rings is 1. The summed E-state index contributed by atoms with van der Waals surface area (Å²) in [7, 11) is 0. The molecule has 6 aromatic carbocycles. The smallest absolute Gasteiger partial charge is 0.238 e. The lowest BCUT2D eigenvalue weighted by Crippen LogP contribution is -2.06. The fourth-order valence-corrected chi connectivity index (χ4v) is 9.04. The van der Waals surface area contributed by atoms with Gasteiger partial charge in [0.05, 0.1) is 26.8 Å². The summed E-state index contributed by atoms with van der Waals surface area (Å²) in [5.41, 5.74) is 6.86. The first-order chi connectivity index (χ1) is 24.3. The highest BCUT2D eigenvalue weighted by Crippen LogP contribution is 2.47. The van der Waals surface area contributed by atoms with Gasteiger partial charge in [-0.05, 0) is 47.2 Å². The van der Waals surface area contributed by atoms with E-state index in [1.54, 1.807) is 0 Å². The van der Waals surface area contributed by atoms with Crippen LogP contribution in [0.4, 0.5) is 0 Å². The first kappa shape index (κ1) is 26.7. The summed E-state index contributed by atoms with van der Waals surface area (Å²) < 4.78 is 6.95. The van der Waals surface area contributed by atoms with E-state index in [0.29, 0.717) is 5.95 Å². The van der Waals surface area contributed by atoms with E-state index in [0.717, 1.165) is 55.4 Å². The van der Waals surface area contributed by atoms with E-state index < -0.39 is 0 Å². The number of nitrogens with zero attached hydrogens (tertiary/aromatic N) is 5. The van der Waals surface area contributed by atoms with E-state index >= 15 is 0 Å². The Morgan fingerprint density at radius 1 is 0.469 bits per heavy atom. The van der Waals surface area contributed by atoms with E-state index in [9.17, 15) is 0 Å². The molecule has 5 heterocycles. The third-order valence-corrected chi connectivity index (χ3v) is 10.9. The lowest BCUT2D eigenvalue weighted by atomic mass is 9.99. The molecule has 0 saturated heterocycles. The molecule has 0 saturated carbocycles. The lowest BCUT2D eigenvalue weighted by molar-refractivity contribution is 0.984. The second kappa shape index (κ2) is 10.1. The highest BCUT2D eigenvalue weighted by molar-refractivity contribution is 7.27. The predicted molar refractivity (Wildman–Crippen MR) is 204 cm³/mol. The number of benzene rings is 6. The molecular formula is C43H25N5S. The molecule has 0 unspecified atom stereocenters. The Kier molecular flexibility index (Phi) is 5.48. The first-order valence-electron chi connectivity index (χ1n) is 16.4. The van der Waals surface area contributed by atoms with Crippen molar-refractivity contribution in [3.63, 3.8) is 0 Å². The van der Waals surface area contributed by atoms with Gasteiger partial charge in [-0.15, -0.1) is 11.3 Å². The number of para-hydroxylation sites is 2. The molecular weight excluding hydrogens is 619 g/mol. The average molecular weight is 644 g/mol. The van der Waals surface area contributed by atoms with Gasteiger partial charge in [0, 0.05) is 49.1 Å². The fraction of sp³-hybridized carbons (Fsp3) is 0. The maximum atomic E-state index is 5.54. The highest BCUT2D eigenvalue weighted by Gasteiger charge is 2.26. The standard InChI is InChI=1S/C43H25N5S/c1-3-14-26(15-4-1)38-37-30-20-9-11-23-33(30)47(27-16-5-2-6-17-27)42(37)46-43(45-38)48-39-35(32-22-13-25-44-41(32)48)28-18-7-8-19-29(28)36-31-21-10-12-24-34(31)49-40(36)39/h1-25H. The van der Waals surface area contributed by atoms with Crippen molar-refractivity contribution in [1.82, 2.24) is 24.1 Å². The third-order valence-electron chi connectivity index (χ3n) is 9.77. The van der Waals surface area contributed by atoms with Crippen LogP contribution in [-0.2, 0) is 0 Å². The topological polar surface area (TPSA) is 48.5 Å². The summed E-state index contributed by atoms with van der Waals surface area (Å²) in [4.78, 5) is 16.1. The molecule has 0 aliphatic carbocycles. The lowest BCUT2D eigenvalue weighted by Gasteiger charge is -2.12. The zero-order valence-corrected chi connectivity index (χ0v) is 26.9. The molecule has 0 radical (unpaired) electrons. The second-order valence-corrected chi connectivity index (χ2v) is 13.5. The van der Waals surface area contributed by atoms with Gasteiger partial charge >= 0.3 is 0 Å². The normalized spacial score (nSPS) is 12.1. The van der Waals surface area contributed by atoms with E-state index in [1.807, 2.05) is 23.6 Å². The maximum absolute atomic E-state index is 5.54. The van der Waals surface area contributed by atoms with Crippen molar-refractivity contribution < 1.29 is 0 Å². The van der Waals surface area contributed by atoms with Gasteiger partial charge in [-0.25, -0.2) is 9.97 Å². The Bertz CT molecular complexity index is 3100. The summed E-state index contributed by atoms with van der Waals surface area (Å²) in [6.45, 7) is 0. The number of aromatic nitrogens is 5. The van der Waals surface area contributed by atoms with Crippen molar-refractivity contribution in [2.24, 2.45) is 0 Å². The largest absolute Gasteiger partial charge is 0.294 e. The number of hydrogen-bond acceptors (Lipinski definition) is 4. The molecule has 228 valence electrons. The maximum Gasteiger partial charge on any atom is 0.238 e. The van der Waals surface area contributed by atoms with E-state index in [1.165, 1.54) is 36.3 Å². The summed E-state index contributed by atoms with van der Waals surface area (Å²) in [5, 5.41) is 9.37. The van der Waals surface area contributed by atoms with Crippen molar-refractivity contribution in [3.05, 3.63) is 152 Å². The van der Waals surface area contributed by atoms with E-state index in [4.69, 9.17) is 15.0 Å². The van der Waals surface area contributed by atoms with Crippen LogP contribution >= 0.6 is 11.3 Å². The third kappa shape index (κ3) is 3.66. The zero-order chi connectivity index (χ0) is 32.1. The van der Waals surface area contributed by atoms with Crippen LogP contribution < -0.4 is 0 Å². The van der Waals surface area contributed by atoms with Gasteiger partial charge in [0.25, 0.3) is 0 Å². The number of rotatable bonds is 3. The molecule has 0 bridgehead atoms. The van der Waals surface area contributed by atoms with Crippen molar-refractivity contribution in [2.45, 2.75) is 0 Å². The Labute approximate surface area is 284 Å². The van der Waals surface area contributed by atoms with E-state index in [-0.39, 0.29) is 0 Å². The molecule has 6 heteroatoms. The molecule has 5 nitrogen and oxygen atoms in total. The Morgan fingerprint density at radius 3 is 1.94 bits per heavy atom. The minimum Gasteiger partial charge on any atom is -0.294 e. The van der Waals surface area contributed by atoms with Crippen LogP contribution in [0.25, 0.3) is 97.7 Å².